The Morgan fingerprint density at radius 2 is 1.78 bits per heavy atom. The molecule has 1 heterocycles. The molecule has 1 saturated heterocycles. The van der Waals surface area contributed by atoms with Crippen LogP contribution >= 0.6 is 0 Å². The van der Waals surface area contributed by atoms with E-state index < -0.39 is 16.6 Å². The van der Waals surface area contributed by atoms with E-state index in [2.05, 4.69) is 37.1 Å². The number of aliphatic hydroxyl groups is 1. The lowest BCUT2D eigenvalue weighted by Crippen LogP contribution is -2.61. The van der Waals surface area contributed by atoms with Crippen LogP contribution in [0.2, 0.25) is 0 Å². The number of rotatable bonds is 0. The molecular weight excluding hydrogens is 334 g/mol. The normalized spacial score (nSPS) is 40.6. The summed E-state index contributed by atoms with van der Waals surface area (Å²) >= 11 is 0. The predicted molar refractivity (Wildman–Crippen MR) is 107 cm³/mol. The summed E-state index contributed by atoms with van der Waals surface area (Å²) in [7, 11) is 0. The van der Waals surface area contributed by atoms with Gasteiger partial charge < -0.3 is 10.4 Å². The van der Waals surface area contributed by atoms with Gasteiger partial charge in [0.2, 0.25) is 5.91 Å². The summed E-state index contributed by atoms with van der Waals surface area (Å²) in [4.78, 5) is 13.3. The second-order valence-corrected chi connectivity index (χ2v) is 8.89. The summed E-state index contributed by atoms with van der Waals surface area (Å²) < 4.78 is 0. The largest absolute Gasteiger partial charge is 0.374 e. The van der Waals surface area contributed by atoms with Crippen molar-refractivity contribution in [1.82, 2.24) is 5.32 Å². The first kappa shape index (κ1) is 18.3. The first-order valence-electron chi connectivity index (χ1n) is 10.2. The van der Waals surface area contributed by atoms with Crippen LogP contribution in [-0.4, -0.2) is 22.2 Å². The quantitative estimate of drug-likeness (QED) is 0.544. The summed E-state index contributed by atoms with van der Waals surface area (Å²) in [5.41, 5.74) is -2.11. The van der Waals surface area contributed by atoms with E-state index in [0.717, 1.165) is 31.2 Å². The van der Waals surface area contributed by atoms with Gasteiger partial charge in [-0.15, -0.1) is 0 Å². The number of allylic oxidation sites excluding steroid dienone is 1. The third kappa shape index (κ3) is 2.74. The Morgan fingerprint density at radius 3 is 2.41 bits per heavy atom. The van der Waals surface area contributed by atoms with E-state index >= 15 is 0 Å². The molecule has 1 amide bonds. The Bertz CT molecular complexity index is 810. The predicted octanol–water partition coefficient (Wildman–Crippen LogP) is 3.82. The second kappa shape index (κ2) is 6.53. The zero-order chi connectivity index (χ0) is 19.1. The van der Waals surface area contributed by atoms with E-state index in [0.29, 0.717) is 24.7 Å². The first-order valence-corrected chi connectivity index (χ1v) is 10.2. The summed E-state index contributed by atoms with van der Waals surface area (Å²) in [5, 5.41) is 15.4. The topological polar surface area (TPSA) is 49.3 Å². The highest BCUT2D eigenvalue weighted by molar-refractivity contribution is 5.90. The minimum Gasteiger partial charge on any atom is -0.374 e. The van der Waals surface area contributed by atoms with Gasteiger partial charge in [-0.1, -0.05) is 56.0 Å². The molecule has 0 aromatic heterocycles. The average molecular weight is 364 g/mol. The monoisotopic (exact) mass is 363 g/mol. The summed E-state index contributed by atoms with van der Waals surface area (Å²) in [5.74, 6) is 7.45. The van der Waals surface area contributed by atoms with Crippen LogP contribution in [0.3, 0.4) is 0 Å². The fourth-order valence-electron chi connectivity index (χ4n) is 5.13. The van der Waals surface area contributed by atoms with Crippen LogP contribution in [0.4, 0.5) is 0 Å². The number of carbonyl (C=O) groups excluding carboxylic acids is 1. The Labute approximate surface area is 162 Å². The van der Waals surface area contributed by atoms with Crippen LogP contribution in [-0.2, 0) is 4.79 Å². The SMILES string of the molecule is CC1CCC2(CC1)C(=O)N[C@@]1(C=C[C@@H](C)CC1)[C@@]2(O)C#Cc1ccccc1. The number of hydrogen-bond acceptors (Lipinski definition) is 2. The molecule has 3 heteroatoms. The van der Waals surface area contributed by atoms with Crippen LogP contribution in [0.1, 0.15) is 57.9 Å². The molecule has 3 aliphatic rings. The summed E-state index contributed by atoms with van der Waals surface area (Å²) in [6, 6.07) is 9.74. The van der Waals surface area contributed by atoms with Gasteiger partial charge in [0.05, 0.1) is 11.0 Å². The maximum Gasteiger partial charge on any atom is 0.231 e. The van der Waals surface area contributed by atoms with Gasteiger partial charge in [0.25, 0.3) is 0 Å². The molecule has 3 nitrogen and oxygen atoms in total. The molecule has 3 atom stereocenters. The van der Waals surface area contributed by atoms with Gasteiger partial charge in [0.1, 0.15) is 0 Å². The van der Waals surface area contributed by atoms with Crippen LogP contribution in [0.15, 0.2) is 42.5 Å². The highest BCUT2D eigenvalue weighted by atomic mass is 16.3. The number of nitrogens with one attached hydrogen (secondary N) is 1. The highest BCUT2D eigenvalue weighted by Gasteiger charge is 2.71. The fourth-order valence-corrected chi connectivity index (χ4v) is 5.13. The van der Waals surface area contributed by atoms with Crippen molar-refractivity contribution in [2.24, 2.45) is 17.3 Å². The van der Waals surface area contributed by atoms with Gasteiger partial charge in [-0.2, -0.15) is 0 Å². The van der Waals surface area contributed by atoms with Crippen molar-refractivity contribution in [2.45, 2.75) is 63.5 Å². The van der Waals surface area contributed by atoms with E-state index in [1.807, 2.05) is 36.4 Å². The van der Waals surface area contributed by atoms with Crippen molar-refractivity contribution in [3.05, 3.63) is 48.0 Å². The first-order chi connectivity index (χ1) is 12.9. The third-order valence-corrected chi connectivity index (χ3v) is 7.10. The van der Waals surface area contributed by atoms with E-state index in [9.17, 15) is 9.90 Å². The Balaban J connectivity index is 1.83. The van der Waals surface area contributed by atoms with Crippen molar-refractivity contribution in [1.29, 1.82) is 0 Å². The molecule has 2 aliphatic carbocycles. The average Bonchev–Trinajstić information content (AvgIpc) is 2.85. The standard InChI is InChI=1S/C24H29NO2/c1-18-8-13-22(14-9-18)21(26)25-23(15-10-19(2)11-16-23)24(22,27)17-12-20-6-4-3-5-7-20/h3-7,10,15,18-19,27H,8-9,11,13-14,16H2,1-2H3,(H,25,26)/t18?,19-,22?,23-,24-/m1/s1. The smallest absolute Gasteiger partial charge is 0.231 e. The molecule has 2 N–H and O–H groups in total. The molecular formula is C24H29NO2. The molecule has 0 radical (unpaired) electrons. The van der Waals surface area contributed by atoms with E-state index in [1.54, 1.807) is 0 Å². The molecule has 27 heavy (non-hydrogen) atoms. The second-order valence-electron chi connectivity index (χ2n) is 8.89. The van der Waals surface area contributed by atoms with Gasteiger partial charge in [-0.05, 0) is 62.5 Å². The van der Waals surface area contributed by atoms with Gasteiger partial charge in [0, 0.05) is 5.56 Å². The van der Waals surface area contributed by atoms with Crippen molar-refractivity contribution in [3.8, 4) is 11.8 Å². The number of amides is 1. The molecule has 1 aromatic rings. The minimum absolute atomic E-state index is 0.0153. The van der Waals surface area contributed by atoms with Gasteiger partial charge in [-0.3, -0.25) is 4.79 Å². The molecule has 142 valence electrons. The van der Waals surface area contributed by atoms with Crippen molar-refractivity contribution in [3.63, 3.8) is 0 Å². The number of benzene rings is 1. The molecule has 2 spiro atoms. The fraction of sp³-hybridized carbons (Fsp3) is 0.542. The molecule has 1 aliphatic heterocycles. The van der Waals surface area contributed by atoms with Crippen LogP contribution < -0.4 is 5.32 Å². The molecule has 4 rings (SSSR count). The Morgan fingerprint density at radius 1 is 1.07 bits per heavy atom. The van der Waals surface area contributed by atoms with Gasteiger partial charge in [0.15, 0.2) is 5.60 Å². The minimum atomic E-state index is -1.39. The number of carbonyl (C=O) groups is 1. The number of hydrogen-bond donors (Lipinski definition) is 2. The molecule has 2 fully saturated rings. The van der Waals surface area contributed by atoms with Crippen molar-refractivity contribution < 1.29 is 9.90 Å². The van der Waals surface area contributed by atoms with Gasteiger partial charge in [-0.25, -0.2) is 0 Å². The molecule has 0 bridgehead atoms. The maximum absolute atomic E-state index is 13.3. The van der Waals surface area contributed by atoms with Crippen molar-refractivity contribution in [2.75, 3.05) is 0 Å². The zero-order valence-electron chi connectivity index (χ0n) is 16.3. The van der Waals surface area contributed by atoms with E-state index in [1.165, 1.54) is 0 Å². The summed E-state index contributed by atoms with van der Waals surface area (Å²) in [6.45, 7) is 4.40. The zero-order valence-corrected chi connectivity index (χ0v) is 16.3. The molecule has 1 saturated carbocycles. The third-order valence-electron chi connectivity index (χ3n) is 7.10. The summed E-state index contributed by atoms with van der Waals surface area (Å²) in [6.07, 6.45) is 9.15. The van der Waals surface area contributed by atoms with Crippen molar-refractivity contribution >= 4 is 5.91 Å². The van der Waals surface area contributed by atoms with E-state index in [-0.39, 0.29) is 5.91 Å². The lowest BCUT2D eigenvalue weighted by atomic mass is 9.57. The van der Waals surface area contributed by atoms with E-state index in [4.69, 9.17) is 0 Å². The highest BCUT2D eigenvalue weighted by Crippen LogP contribution is 2.57. The molecule has 1 aromatic carbocycles. The van der Waals surface area contributed by atoms with Crippen LogP contribution in [0.25, 0.3) is 0 Å². The van der Waals surface area contributed by atoms with Crippen LogP contribution in [0.5, 0.6) is 0 Å². The lowest BCUT2D eigenvalue weighted by Gasteiger charge is -2.47. The maximum atomic E-state index is 13.3. The molecule has 0 unspecified atom stereocenters. The Hall–Kier alpha value is -2.05. The van der Waals surface area contributed by atoms with Gasteiger partial charge >= 0.3 is 0 Å². The Kier molecular flexibility index (Phi) is 4.43. The lowest BCUT2D eigenvalue weighted by molar-refractivity contribution is -0.138. The van der Waals surface area contributed by atoms with Crippen LogP contribution in [0, 0.1) is 29.1 Å².